The molecule has 2 aliphatic heterocycles. The van der Waals surface area contributed by atoms with E-state index >= 15 is 0 Å². The molecule has 4 rings (SSSR count). The van der Waals surface area contributed by atoms with Crippen LogP contribution in [0.25, 0.3) is 0 Å². The van der Waals surface area contributed by atoms with Gasteiger partial charge in [-0.2, -0.15) is 0 Å². The van der Waals surface area contributed by atoms with Crippen molar-refractivity contribution < 1.29 is 14.5 Å². The van der Waals surface area contributed by atoms with Crippen LogP contribution in [0.3, 0.4) is 0 Å². The highest BCUT2D eigenvalue weighted by Gasteiger charge is 2.23. The maximum absolute atomic E-state index is 12.7. The molecule has 11 heteroatoms. The van der Waals surface area contributed by atoms with Gasteiger partial charge in [-0.1, -0.05) is 11.6 Å². The van der Waals surface area contributed by atoms with E-state index in [0.717, 1.165) is 31.6 Å². The smallest absolute Gasteiger partial charge is 0.293 e. The molecule has 2 aliphatic rings. The number of nitrogens with zero attached hydrogens (tertiary/aromatic N) is 3. The minimum atomic E-state index is -0.537. The van der Waals surface area contributed by atoms with Crippen LogP contribution in [0.4, 0.5) is 22.7 Å². The SMILES string of the molecule is O=C(NC(=S)Nc1ccc(N2CCCCC2)c(Cl)c1)c1ccc(N2CCOCC2)c([N+](=O)[O-])c1. The molecule has 2 fully saturated rings. The number of hydrogen-bond acceptors (Lipinski definition) is 7. The monoisotopic (exact) mass is 503 g/mol. The second-order valence-corrected chi connectivity index (χ2v) is 9.00. The molecule has 0 radical (unpaired) electrons. The van der Waals surface area contributed by atoms with Crippen molar-refractivity contribution in [2.75, 3.05) is 54.5 Å². The number of carbonyl (C=O) groups excluding carboxylic acids is 1. The lowest BCUT2D eigenvalue weighted by Gasteiger charge is -2.29. The Hall–Kier alpha value is -2.95. The summed E-state index contributed by atoms with van der Waals surface area (Å²) >= 11 is 11.8. The fourth-order valence-electron chi connectivity index (χ4n) is 4.20. The molecule has 1 amide bonds. The number of nitrogens with one attached hydrogen (secondary N) is 2. The van der Waals surface area contributed by atoms with Gasteiger partial charge in [-0.3, -0.25) is 20.2 Å². The minimum absolute atomic E-state index is 0.0756. The second kappa shape index (κ2) is 11.0. The Labute approximate surface area is 208 Å². The number of benzene rings is 2. The van der Waals surface area contributed by atoms with E-state index in [1.165, 1.54) is 12.5 Å². The van der Waals surface area contributed by atoms with E-state index in [0.29, 0.717) is 42.7 Å². The Kier molecular flexibility index (Phi) is 7.81. The number of nitro benzene ring substituents is 1. The summed E-state index contributed by atoms with van der Waals surface area (Å²) < 4.78 is 5.31. The minimum Gasteiger partial charge on any atom is -0.378 e. The molecule has 0 bridgehead atoms. The lowest BCUT2D eigenvalue weighted by atomic mass is 10.1. The average Bonchev–Trinajstić information content (AvgIpc) is 2.84. The Morgan fingerprint density at radius 2 is 1.68 bits per heavy atom. The number of piperidine rings is 1. The Morgan fingerprint density at radius 3 is 2.35 bits per heavy atom. The van der Waals surface area contributed by atoms with Crippen LogP contribution in [0.2, 0.25) is 5.02 Å². The average molecular weight is 504 g/mol. The number of amides is 1. The number of carbonyl (C=O) groups is 1. The van der Waals surface area contributed by atoms with E-state index in [4.69, 9.17) is 28.6 Å². The highest BCUT2D eigenvalue weighted by Crippen LogP contribution is 2.31. The number of rotatable bonds is 5. The lowest BCUT2D eigenvalue weighted by molar-refractivity contribution is -0.384. The lowest BCUT2D eigenvalue weighted by Crippen LogP contribution is -2.37. The van der Waals surface area contributed by atoms with Gasteiger partial charge in [0.2, 0.25) is 0 Å². The first kappa shape index (κ1) is 24.2. The van der Waals surface area contributed by atoms with E-state index in [2.05, 4.69) is 15.5 Å². The number of thiocarbonyl (C=S) groups is 1. The zero-order valence-electron chi connectivity index (χ0n) is 18.6. The van der Waals surface area contributed by atoms with Crippen molar-refractivity contribution in [3.63, 3.8) is 0 Å². The Bertz CT molecular complexity index is 1090. The first-order valence-electron chi connectivity index (χ1n) is 11.2. The zero-order valence-corrected chi connectivity index (χ0v) is 20.2. The maximum atomic E-state index is 12.7. The number of halogens is 1. The summed E-state index contributed by atoms with van der Waals surface area (Å²) in [4.78, 5) is 28.0. The van der Waals surface area contributed by atoms with Gasteiger partial charge < -0.3 is 19.9 Å². The van der Waals surface area contributed by atoms with Crippen molar-refractivity contribution in [2.45, 2.75) is 19.3 Å². The summed E-state index contributed by atoms with van der Waals surface area (Å²) in [6, 6.07) is 9.98. The second-order valence-electron chi connectivity index (χ2n) is 8.18. The quantitative estimate of drug-likeness (QED) is 0.356. The maximum Gasteiger partial charge on any atom is 0.293 e. The highest BCUT2D eigenvalue weighted by atomic mass is 35.5. The van der Waals surface area contributed by atoms with Crippen molar-refractivity contribution in [3.05, 3.63) is 57.1 Å². The van der Waals surface area contributed by atoms with Crippen molar-refractivity contribution in [3.8, 4) is 0 Å². The summed E-state index contributed by atoms with van der Waals surface area (Å²) in [5.74, 6) is -0.537. The van der Waals surface area contributed by atoms with E-state index in [-0.39, 0.29) is 16.4 Å². The number of anilines is 3. The third-order valence-corrected chi connectivity index (χ3v) is 6.42. The van der Waals surface area contributed by atoms with E-state index in [9.17, 15) is 14.9 Å². The van der Waals surface area contributed by atoms with E-state index in [1.807, 2.05) is 17.0 Å². The van der Waals surface area contributed by atoms with Gasteiger partial charge in [-0.25, -0.2) is 0 Å². The topological polar surface area (TPSA) is 100.0 Å². The predicted molar refractivity (Wildman–Crippen MR) is 137 cm³/mol. The van der Waals surface area contributed by atoms with Gasteiger partial charge in [0.05, 0.1) is 28.8 Å². The molecule has 2 heterocycles. The van der Waals surface area contributed by atoms with Crippen LogP contribution >= 0.6 is 23.8 Å². The van der Waals surface area contributed by atoms with Crippen molar-refractivity contribution in [1.29, 1.82) is 0 Å². The molecule has 180 valence electrons. The van der Waals surface area contributed by atoms with Gasteiger partial charge in [-0.05, 0) is 61.8 Å². The summed E-state index contributed by atoms with van der Waals surface area (Å²) in [6.45, 7) is 4.08. The fourth-order valence-corrected chi connectivity index (χ4v) is 4.71. The molecule has 0 saturated carbocycles. The summed E-state index contributed by atoms with van der Waals surface area (Å²) in [5, 5.41) is 17.9. The van der Waals surface area contributed by atoms with Crippen LogP contribution < -0.4 is 20.4 Å². The van der Waals surface area contributed by atoms with E-state index in [1.54, 1.807) is 18.2 Å². The van der Waals surface area contributed by atoms with Gasteiger partial charge in [0.25, 0.3) is 11.6 Å². The normalized spacial score (nSPS) is 16.1. The number of ether oxygens (including phenoxy) is 1. The third kappa shape index (κ3) is 5.75. The summed E-state index contributed by atoms with van der Waals surface area (Å²) in [6.07, 6.45) is 3.54. The van der Waals surface area contributed by atoms with Crippen molar-refractivity contribution in [1.82, 2.24) is 5.32 Å². The standard InChI is InChI=1S/C23H26ClN5O4S/c24-18-15-17(5-7-19(18)27-8-2-1-3-9-27)25-23(34)26-22(30)16-4-6-20(21(14-16)29(31)32)28-10-12-33-13-11-28/h4-7,14-15H,1-3,8-13H2,(H2,25,26,30,34). The highest BCUT2D eigenvalue weighted by molar-refractivity contribution is 7.80. The molecule has 2 saturated heterocycles. The van der Waals surface area contributed by atoms with Crippen LogP contribution in [0.5, 0.6) is 0 Å². The van der Waals surface area contributed by atoms with Crippen LogP contribution in [-0.2, 0) is 4.74 Å². The Balaban J connectivity index is 1.41. The first-order chi connectivity index (χ1) is 16.4. The molecule has 2 N–H and O–H groups in total. The van der Waals surface area contributed by atoms with Crippen LogP contribution in [0.1, 0.15) is 29.6 Å². The molecule has 0 aliphatic carbocycles. The molecule has 9 nitrogen and oxygen atoms in total. The third-order valence-electron chi connectivity index (χ3n) is 5.92. The van der Waals surface area contributed by atoms with Gasteiger partial charge >= 0.3 is 0 Å². The molecule has 0 atom stereocenters. The molecule has 0 spiro atoms. The molecule has 0 aromatic heterocycles. The largest absolute Gasteiger partial charge is 0.378 e. The van der Waals surface area contributed by atoms with Crippen molar-refractivity contribution >= 4 is 57.6 Å². The molecular weight excluding hydrogens is 478 g/mol. The number of hydrogen-bond donors (Lipinski definition) is 2. The van der Waals surface area contributed by atoms with Crippen LogP contribution in [-0.4, -0.2) is 55.3 Å². The van der Waals surface area contributed by atoms with Crippen molar-refractivity contribution in [2.24, 2.45) is 0 Å². The molecule has 34 heavy (non-hydrogen) atoms. The number of nitro groups is 1. The Morgan fingerprint density at radius 1 is 1.00 bits per heavy atom. The van der Waals surface area contributed by atoms with E-state index < -0.39 is 10.8 Å². The molecule has 0 unspecified atom stereocenters. The van der Waals surface area contributed by atoms with Crippen LogP contribution in [0.15, 0.2) is 36.4 Å². The molecule has 2 aromatic rings. The first-order valence-corrected chi connectivity index (χ1v) is 12.0. The summed E-state index contributed by atoms with van der Waals surface area (Å²) in [5.41, 5.74) is 2.10. The van der Waals surface area contributed by atoms with Gasteiger partial charge in [-0.15, -0.1) is 0 Å². The molecular formula is C23H26ClN5O4S. The van der Waals surface area contributed by atoms with Gasteiger partial charge in [0.1, 0.15) is 5.69 Å². The van der Waals surface area contributed by atoms with Crippen LogP contribution in [0, 0.1) is 10.1 Å². The predicted octanol–water partition coefficient (Wildman–Crippen LogP) is 4.20. The fraction of sp³-hybridized carbons (Fsp3) is 0.391. The summed E-state index contributed by atoms with van der Waals surface area (Å²) in [7, 11) is 0. The zero-order chi connectivity index (χ0) is 24.1. The number of morpholine rings is 1. The van der Waals surface area contributed by atoms with Gasteiger partial charge in [0.15, 0.2) is 5.11 Å². The van der Waals surface area contributed by atoms with Gasteiger partial charge in [0, 0.05) is 43.5 Å². The molecule has 2 aromatic carbocycles.